The maximum absolute atomic E-state index is 13.3. The van der Waals surface area contributed by atoms with Crippen molar-refractivity contribution in [1.82, 2.24) is 5.32 Å². The second kappa shape index (κ2) is 7.66. The Balaban J connectivity index is 2.99. The molecule has 2 unspecified atom stereocenters. The van der Waals surface area contributed by atoms with Crippen molar-refractivity contribution in [2.45, 2.75) is 33.2 Å². The normalized spacial score (nSPS) is 13.1. The standard InChI is InChI=1S/C16H20FNO2/c1-4-11(2)12(3)18-16(20)15-10-14(17)8-7-13(15)6-5-9-19/h7-8,10-12,19H,4,9H2,1-3H3,(H,18,20). The van der Waals surface area contributed by atoms with Gasteiger partial charge in [-0.2, -0.15) is 0 Å². The fourth-order valence-electron chi connectivity index (χ4n) is 1.73. The molecule has 0 bridgehead atoms. The van der Waals surface area contributed by atoms with E-state index < -0.39 is 5.82 Å². The monoisotopic (exact) mass is 277 g/mol. The summed E-state index contributed by atoms with van der Waals surface area (Å²) in [7, 11) is 0. The molecule has 1 aromatic rings. The molecule has 0 radical (unpaired) electrons. The molecule has 0 saturated carbocycles. The van der Waals surface area contributed by atoms with E-state index in [4.69, 9.17) is 5.11 Å². The highest BCUT2D eigenvalue weighted by molar-refractivity contribution is 5.96. The average Bonchev–Trinajstić information content (AvgIpc) is 2.44. The summed E-state index contributed by atoms with van der Waals surface area (Å²) < 4.78 is 13.3. The molecular formula is C16H20FNO2. The summed E-state index contributed by atoms with van der Waals surface area (Å²) in [5, 5.41) is 11.6. The molecule has 1 rings (SSSR count). The van der Waals surface area contributed by atoms with E-state index in [2.05, 4.69) is 17.2 Å². The second-order valence-electron chi connectivity index (χ2n) is 4.80. The Morgan fingerprint density at radius 3 is 2.75 bits per heavy atom. The fraction of sp³-hybridized carbons (Fsp3) is 0.438. The van der Waals surface area contributed by atoms with E-state index in [0.29, 0.717) is 11.5 Å². The van der Waals surface area contributed by atoms with Crippen molar-refractivity contribution < 1.29 is 14.3 Å². The molecule has 4 heteroatoms. The Bertz CT molecular complexity index is 531. The van der Waals surface area contributed by atoms with E-state index in [1.165, 1.54) is 18.2 Å². The van der Waals surface area contributed by atoms with Crippen LogP contribution in [0.4, 0.5) is 4.39 Å². The second-order valence-corrected chi connectivity index (χ2v) is 4.80. The van der Waals surface area contributed by atoms with Gasteiger partial charge in [0.25, 0.3) is 5.91 Å². The molecule has 2 atom stereocenters. The summed E-state index contributed by atoms with van der Waals surface area (Å²) in [4.78, 5) is 12.2. The van der Waals surface area contributed by atoms with Crippen molar-refractivity contribution in [3.63, 3.8) is 0 Å². The summed E-state index contributed by atoms with van der Waals surface area (Å²) in [6, 6.07) is 3.85. The van der Waals surface area contributed by atoms with Crippen molar-refractivity contribution >= 4 is 5.91 Å². The maximum Gasteiger partial charge on any atom is 0.252 e. The largest absolute Gasteiger partial charge is 0.384 e. The van der Waals surface area contributed by atoms with Gasteiger partial charge in [-0.05, 0) is 31.0 Å². The minimum absolute atomic E-state index is 0.00517. The molecule has 0 saturated heterocycles. The van der Waals surface area contributed by atoms with Crippen LogP contribution in [0, 0.1) is 23.6 Å². The third kappa shape index (κ3) is 4.36. The molecular weight excluding hydrogens is 257 g/mol. The lowest BCUT2D eigenvalue weighted by atomic mass is 10.00. The first-order chi connectivity index (χ1) is 9.49. The summed E-state index contributed by atoms with van der Waals surface area (Å²) >= 11 is 0. The van der Waals surface area contributed by atoms with E-state index in [-0.39, 0.29) is 24.1 Å². The Morgan fingerprint density at radius 1 is 1.45 bits per heavy atom. The van der Waals surface area contributed by atoms with Crippen LogP contribution in [0.5, 0.6) is 0 Å². The van der Waals surface area contributed by atoms with Gasteiger partial charge in [0.2, 0.25) is 0 Å². The molecule has 3 nitrogen and oxygen atoms in total. The molecule has 108 valence electrons. The number of hydrogen-bond acceptors (Lipinski definition) is 2. The minimum atomic E-state index is -0.485. The van der Waals surface area contributed by atoms with Gasteiger partial charge in [0.15, 0.2) is 0 Å². The lowest BCUT2D eigenvalue weighted by Crippen LogP contribution is -2.37. The number of carbonyl (C=O) groups is 1. The highest BCUT2D eigenvalue weighted by atomic mass is 19.1. The van der Waals surface area contributed by atoms with E-state index in [1.807, 2.05) is 20.8 Å². The number of carbonyl (C=O) groups excluding carboxylic acids is 1. The highest BCUT2D eigenvalue weighted by Gasteiger charge is 2.17. The zero-order valence-corrected chi connectivity index (χ0v) is 12.0. The van der Waals surface area contributed by atoms with E-state index in [1.54, 1.807) is 0 Å². The summed E-state index contributed by atoms with van der Waals surface area (Å²) in [5.74, 6) is 4.63. The summed E-state index contributed by atoms with van der Waals surface area (Å²) in [6.45, 7) is 5.71. The molecule has 0 fully saturated rings. The van der Waals surface area contributed by atoms with Gasteiger partial charge < -0.3 is 10.4 Å². The quantitative estimate of drug-likeness (QED) is 0.830. The SMILES string of the molecule is CCC(C)C(C)NC(=O)c1cc(F)ccc1C#CCO. The van der Waals surface area contributed by atoms with E-state index >= 15 is 0 Å². The molecule has 0 aliphatic rings. The van der Waals surface area contributed by atoms with Gasteiger partial charge in [-0.1, -0.05) is 32.1 Å². The Morgan fingerprint density at radius 2 is 2.15 bits per heavy atom. The Labute approximate surface area is 119 Å². The van der Waals surface area contributed by atoms with Gasteiger partial charge in [-0.25, -0.2) is 4.39 Å². The van der Waals surface area contributed by atoms with Crippen LogP contribution in [0.1, 0.15) is 43.1 Å². The van der Waals surface area contributed by atoms with Gasteiger partial charge in [-0.15, -0.1) is 0 Å². The number of halogens is 1. The Kier molecular flexibility index (Phi) is 6.20. The van der Waals surface area contributed by atoms with Gasteiger partial charge in [0, 0.05) is 11.6 Å². The molecule has 1 amide bonds. The molecule has 20 heavy (non-hydrogen) atoms. The number of amides is 1. The molecule has 0 aromatic heterocycles. The lowest BCUT2D eigenvalue weighted by Gasteiger charge is -2.20. The number of benzene rings is 1. The minimum Gasteiger partial charge on any atom is -0.384 e. The van der Waals surface area contributed by atoms with Crippen LogP contribution in [-0.2, 0) is 0 Å². The first-order valence-electron chi connectivity index (χ1n) is 6.69. The molecule has 2 N–H and O–H groups in total. The van der Waals surface area contributed by atoms with Crippen LogP contribution in [0.15, 0.2) is 18.2 Å². The first kappa shape index (κ1) is 16.2. The zero-order chi connectivity index (χ0) is 15.1. The third-order valence-electron chi connectivity index (χ3n) is 3.38. The van der Waals surface area contributed by atoms with Crippen molar-refractivity contribution in [2.75, 3.05) is 6.61 Å². The maximum atomic E-state index is 13.3. The van der Waals surface area contributed by atoms with Crippen LogP contribution < -0.4 is 5.32 Å². The topological polar surface area (TPSA) is 49.3 Å². The lowest BCUT2D eigenvalue weighted by molar-refractivity contribution is 0.0927. The molecule has 0 aliphatic heterocycles. The van der Waals surface area contributed by atoms with Gasteiger partial charge in [0.1, 0.15) is 12.4 Å². The number of rotatable bonds is 4. The predicted octanol–water partition coefficient (Wildman–Crippen LogP) is 2.33. The predicted molar refractivity (Wildman–Crippen MR) is 76.7 cm³/mol. The summed E-state index contributed by atoms with van der Waals surface area (Å²) in [5.41, 5.74) is 0.607. The third-order valence-corrected chi connectivity index (χ3v) is 3.38. The number of hydrogen-bond donors (Lipinski definition) is 2. The molecule has 0 aliphatic carbocycles. The number of aliphatic hydroxyl groups excluding tert-OH is 1. The van der Waals surface area contributed by atoms with E-state index in [0.717, 1.165) is 6.42 Å². The van der Waals surface area contributed by atoms with Crippen molar-refractivity contribution in [3.05, 3.63) is 35.1 Å². The van der Waals surface area contributed by atoms with Crippen LogP contribution in [0.2, 0.25) is 0 Å². The fourth-order valence-corrected chi connectivity index (χ4v) is 1.73. The van der Waals surface area contributed by atoms with Crippen LogP contribution in [0.3, 0.4) is 0 Å². The van der Waals surface area contributed by atoms with Gasteiger partial charge in [-0.3, -0.25) is 4.79 Å². The van der Waals surface area contributed by atoms with Crippen molar-refractivity contribution in [3.8, 4) is 11.8 Å². The van der Waals surface area contributed by atoms with E-state index in [9.17, 15) is 9.18 Å². The van der Waals surface area contributed by atoms with Crippen LogP contribution in [0.25, 0.3) is 0 Å². The Hall–Kier alpha value is -1.86. The van der Waals surface area contributed by atoms with Crippen molar-refractivity contribution in [2.24, 2.45) is 5.92 Å². The van der Waals surface area contributed by atoms with Crippen LogP contribution >= 0.6 is 0 Å². The number of nitrogens with one attached hydrogen (secondary N) is 1. The molecule has 1 aromatic carbocycles. The average molecular weight is 277 g/mol. The van der Waals surface area contributed by atoms with Gasteiger partial charge in [0.05, 0.1) is 5.56 Å². The van der Waals surface area contributed by atoms with Gasteiger partial charge >= 0.3 is 0 Å². The smallest absolute Gasteiger partial charge is 0.252 e. The number of aliphatic hydroxyl groups is 1. The molecule has 0 spiro atoms. The summed E-state index contributed by atoms with van der Waals surface area (Å²) in [6.07, 6.45) is 0.946. The highest BCUT2D eigenvalue weighted by Crippen LogP contribution is 2.13. The van der Waals surface area contributed by atoms with Crippen molar-refractivity contribution in [1.29, 1.82) is 0 Å². The van der Waals surface area contributed by atoms with Crippen LogP contribution in [-0.4, -0.2) is 23.7 Å². The first-order valence-corrected chi connectivity index (χ1v) is 6.69. The zero-order valence-electron chi connectivity index (χ0n) is 12.0. The molecule has 0 heterocycles.